The third-order valence-corrected chi connectivity index (χ3v) is 4.33. The molecule has 1 aliphatic heterocycles. The Bertz CT molecular complexity index is 572. The first-order valence-electron chi connectivity index (χ1n) is 7.91. The Morgan fingerprint density at radius 3 is 2.43 bits per heavy atom. The maximum atomic E-state index is 13.0. The minimum Gasteiger partial charge on any atom is -0.338 e. The van der Waals surface area contributed by atoms with E-state index in [0.29, 0.717) is 25.9 Å². The highest BCUT2D eigenvalue weighted by molar-refractivity contribution is 5.85. The standard InChI is InChI=1S/C19H24N2O2/c1-4-13-21(14-5-2)19(23)16-11-12-17(22)20(3)18(16)15-9-7-6-8-10-15/h4-10,16,18H,1-2,11-14H2,3H3/t16-,18+/m0/s1. The number of piperidine rings is 1. The van der Waals surface area contributed by atoms with Crippen LogP contribution in [-0.2, 0) is 9.59 Å². The Morgan fingerprint density at radius 2 is 1.87 bits per heavy atom. The average molecular weight is 312 g/mol. The highest BCUT2D eigenvalue weighted by Gasteiger charge is 2.40. The number of likely N-dealkylation sites (tertiary alicyclic amines) is 1. The lowest BCUT2D eigenvalue weighted by molar-refractivity contribution is -0.146. The van der Waals surface area contributed by atoms with Crippen LogP contribution >= 0.6 is 0 Å². The Labute approximate surface area is 138 Å². The monoisotopic (exact) mass is 312 g/mol. The summed E-state index contributed by atoms with van der Waals surface area (Å²) in [6.07, 6.45) is 4.42. The van der Waals surface area contributed by atoms with E-state index in [4.69, 9.17) is 0 Å². The van der Waals surface area contributed by atoms with Crippen molar-refractivity contribution >= 4 is 11.8 Å². The van der Waals surface area contributed by atoms with E-state index in [0.717, 1.165) is 5.56 Å². The van der Waals surface area contributed by atoms with Gasteiger partial charge in [-0.15, -0.1) is 13.2 Å². The molecule has 1 heterocycles. The third kappa shape index (κ3) is 3.70. The molecule has 0 bridgehead atoms. The molecule has 0 spiro atoms. The van der Waals surface area contributed by atoms with E-state index in [1.54, 1.807) is 29.0 Å². The van der Waals surface area contributed by atoms with Gasteiger partial charge in [-0.1, -0.05) is 42.5 Å². The van der Waals surface area contributed by atoms with Crippen molar-refractivity contribution in [1.29, 1.82) is 0 Å². The number of benzene rings is 1. The lowest BCUT2D eigenvalue weighted by Gasteiger charge is -2.40. The van der Waals surface area contributed by atoms with Crippen LogP contribution in [0.5, 0.6) is 0 Å². The van der Waals surface area contributed by atoms with Crippen LogP contribution in [0.15, 0.2) is 55.6 Å². The van der Waals surface area contributed by atoms with Gasteiger partial charge in [0.05, 0.1) is 12.0 Å². The number of amides is 2. The number of hydrogen-bond acceptors (Lipinski definition) is 2. The largest absolute Gasteiger partial charge is 0.338 e. The predicted molar refractivity (Wildman–Crippen MR) is 91.7 cm³/mol. The van der Waals surface area contributed by atoms with Crippen molar-refractivity contribution in [3.05, 3.63) is 61.2 Å². The quantitative estimate of drug-likeness (QED) is 0.758. The van der Waals surface area contributed by atoms with Gasteiger partial charge < -0.3 is 9.80 Å². The third-order valence-electron chi connectivity index (χ3n) is 4.33. The fourth-order valence-electron chi connectivity index (χ4n) is 3.20. The lowest BCUT2D eigenvalue weighted by atomic mass is 9.83. The first-order chi connectivity index (χ1) is 11.1. The van der Waals surface area contributed by atoms with Crippen LogP contribution < -0.4 is 0 Å². The molecule has 0 aromatic heterocycles. The van der Waals surface area contributed by atoms with E-state index in [2.05, 4.69) is 13.2 Å². The van der Waals surface area contributed by atoms with Crippen LogP contribution in [0, 0.1) is 5.92 Å². The summed E-state index contributed by atoms with van der Waals surface area (Å²) in [6.45, 7) is 8.42. The summed E-state index contributed by atoms with van der Waals surface area (Å²) in [6, 6.07) is 9.55. The molecule has 0 radical (unpaired) electrons. The Morgan fingerprint density at radius 1 is 1.26 bits per heavy atom. The van der Waals surface area contributed by atoms with Crippen molar-refractivity contribution in [3.8, 4) is 0 Å². The molecule has 0 saturated carbocycles. The summed E-state index contributed by atoms with van der Waals surface area (Å²) in [5, 5.41) is 0. The fraction of sp³-hybridized carbons (Fsp3) is 0.368. The minimum absolute atomic E-state index is 0.0537. The molecule has 1 aliphatic rings. The van der Waals surface area contributed by atoms with Gasteiger partial charge in [0, 0.05) is 26.6 Å². The topological polar surface area (TPSA) is 40.6 Å². The van der Waals surface area contributed by atoms with E-state index < -0.39 is 0 Å². The number of carbonyl (C=O) groups is 2. The summed E-state index contributed by atoms with van der Waals surface area (Å²) >= 11 is 0. The number of carbonyl (C=O) groups excluding carboxylic acids is 2. The van der Waals surface area contributed by atoms with E-state index in [1.807, 2.05) is 30.3 Å². The van der Waals surface area contributed by atoms with Gasteiger partial charge in [0.15, 0.2) is 0 Å². The van der Waals surface area contributed by atoms with Crippen molar-refractivity contribution < 1.29 is 9.59 Å². The van der Waals surface area contributed by atoms with Gasteiger partial charge in [0.2, 0.25) is 11.8 Å². The molecule has 1 aromatic rings. The minimum atomic E-state index is -0.236. The highest BCUT2D eigenvalue weighted by Crippen LogP contribution is 2.36. The molecule has 4 heteroatoms. The SMILES string of the molecule is C=CCN(CC=C)C(=O)[C@H]1CCC(=O)N(C)[C@@H]1c1ccccc1. The molecule has 0 N–H and O–H groups in total. The molecule has 2 amide bonds. The highest BCUT2D eigenvalue weighted by atomic mass is 16.2. The van der Waals surface area contributed by atoms with Crippen molar-refractivity contribution in [1.82, 2.24) is 9.80 Å². The van der Waals surface area contributed by atoms with Gasteiger partial charge in [0.1, 0.15) is 0 Å². The van der Waals surface area contributed by atoms with E-state index in [-0.39, 0.29) is 23.8 Å². The summed E-state index contributed by atoms with van der Waals surface area (Å²) in [7, 11) is 1.78. The normalized spacial score (nSPS) is 20.9. The molecule has 1 fully saturated rings. The van der Waals surface area contributed by atoms with Crippen molar-refractivity contribution in [2.24, 2.45) is 5.92 Å². The maximum Gasteiger partial charge on any atom is 0.228 e. The van der Waals surface area contributed by atoms with E-state index >= 15 is 0 Å². The van der Waals surface area contributed by atoms with Gasteiger partial charge in [-0.25, -0.2) is 0 Å². The predicted octanol–water partition coefficient (Wildman–Crippen LogP) is 2.80. The van der Waals surface area contributed by atoms with Gasteiger partial charge >= 0.3 is 0 Å². The van der Waals surface area contributed by atoms with Crippen LogP contribution in [0.1, 0.15) is 24.4 Å². The van der Waals surface area contributed by atoms with Crippen LogP contribution in [-0.4, -0.2) is 41.8 Å². The first kappa shape index (κ1) is 17.0. The zero-order chi connectivity index (χ0) is 16.8. The maximum absolute atomic E-state index is 13.0. The Balaban J connectivity index is 2.33. The second-order valence-corrected chi connectivity index (χ2v) is 5.83. The van der Waals surface area contributed by atoms with Gasteiger partial charge in [0.25, 0.3) is 0 Å². The number of hydrogen-bond donors (Lipinski definition) is 0. The second kappa shape index (κ2) is 7.77. The molecular formula is C19H24N2O2. The van der Waals surface area contributed by atoms with Crippen LogP contribution in [0.2, 0.25) is 0 Å². The van der Waals surface area contributed by atoms with Gasteiger partial charge in [-0.3, -0.25) is 9.59 Å². The van der Waals surface area contributed by atoms with E-state index in [9.17, 15) is 9.59 Å². The zero-order valence-electron chi connectivity index (χ0n) is 13.6. The lowest BCUT2D eigenvalue weighted by Crippen LogP contribution is -2.47. The summed E-state index contributed by atoms with van der Waals surface area (Å²) in [4.78, 5) is 28.6. The van der Waals surface area contributed by atoms with Crippen molar-refractivity contribution in [3.63, 3.8) is 0 Å². The second-order valence-electron chi connectivity index (χ2n) is 5.83. The molecule has 2 rings (SSSR count). The molecule has 1 aromatic carbocycles. The molecule has 4 nitrogen and oxygen atoms in total. The van der Waals surface area contributed by atoms with Crippen LogP contribution in [0.3, 0.4) is 0 Å². The van der Waals surface area contributed by atoms with Crippen molar-refractivity contribution in [2.45, 2.75) is 18.9 Å². The average Bonchev–Trinajstić information content (AvgIpc) is 2.57. The molecule has 0 aliphatic carbocycles. The zero-order valence-corrected chi connectivity index (χ0v) is 13.6. The van der Waals surface area contributed by atoms with Crippen LogP contribution in [0.25, 0.3) is 0 Å². The molecule has 23 heavy (non-hydrogen) atoms. The van der Waals surface area contributed by atoms with E-state index in [1.165, 1.54) is 0 Å². The fourth-order valence-corrected chi connectivity index (χ4v) is 3.20. The molecule has 1 saturated heterocycles. The van der Waals surface area contributed by atoms with Crippen LogP contribution in [0.4, 0.5) is 0 Å². The number of nitrogens with zero attached hydrogens (tertiary/aromatic N) is 2. The molecular weight excluding hydrogens is 288 g/mol. The Kier molecular flexibility index (Phi) is 5.74. The summed E-state index contributed by atoms with van der Waals surface area (Å²) in [5.41, 5.74) is 0.999. The summed E-state index contributed by atoms with van der Waals surface area (Å²) in [5.74, 6) is -0.0973. The number of rotatable bonds is 6. The molecule has 2 atom stereocenters. The van der Waals surface area contributed by atoms with Crippen molar-refractivity contribution in [2.75, 3.05) is 20.1 Å². The molecule has 0 unspecified atom stereocenters. The van der Waals surface area contributed by atoms with Gasteiger partial charge in [-0.05, 0) is 12.0 Å². The Hall–Kier alpha value is -2.36. The van der Waals surface area contributed by atoms with Gasteiger partial charge in [-0.2, -0.15) is 0 Å². The summed E-state index contributed by atoms with van der Waals surface area (Å²) < 4.78 is 0. The first-order valence-corrected chi connectivity index (χ1v) is 7.91. The molecule has 122 valence electrons. The smallest absolute Gasteiger partial charge is 0.228 e.